The molecular weight excluding hydrogens is 314 g/mol. The molecule has 1 N–H and O–H groups in total. The Morgan fingerprint density at radius 3 is 1.73 bits per heavy atom. The number of carboxylic acid groups (broad SMARTS) is 1. The van der Waals surface area contributed by atoms with Gasteiger partial charge in [0.25, 0.3) is 0 Å². The maximum atomic E-state index is 13.9. The Morgan fingerprint density at radius 2 is 1.27 bits per heavy atom. The number of hydrogen-bond donors (Lipinski definition) is 1. The molecule has 2 rings (SSSR count). The van der Waals surface area contributed by atoms with Crippen LogP contribution in [-0.2, 0) is 0 Å². The SMILES string of the molecule is Cc1ccc(-c2c(F)c(F)c(F)c(F)c2F)c(C(=O)O)c1F. The third kappa shape index (κ3) is 2.20. The van der Waals surface area contributed by atoms with Crippen LogP contribution >= 0.6 is 0 Å². The van der Waals surface area contributed by atoms with Crippen molar-refractivity contribution in [1.29, 1.82) is 0 Å². The molecule has 0 spiro atoms. The van der Waals surface area contributed by atoms with Crippen molar-refractivity contribution < 1.29 is 36.2 Å². The smallest absolute Gasteiger partial charge is 0.339 e. The Balaban J connectivity index is 2.96. The van der Waals surface area contributed by atoms with Gasteiger partial charge in [0.05, 0.1) is 5.56 Å². The minimum absolute atomic E-state index is 0.162. The highest BCUT2D eigenvalue weighted by Gasteiger charge is 2.30. The van der Waals surface area contributed by atoms with Gasteiger partial charge in [-0.25, -0.2) is 31.1 Å². The lowest BCUT2D eigenvalue weighted by atomic mass is 9.95. The van der Waals surface area contributed by atoms with Crippen LogP contribution in [0, 0.1) is 41.8 Å². The van der Waals surface area contributed by atoms with Gasteiger partial charge in [-0.05, 0) is 12.5 Å². The van der Waals surface area contributed by atoms with E-state index < -0.39 is 57.6 Å². The fraction of sp³-hybridized carbons (Fsp3) is 0.0714. The van der Waals surface area contributed by atoms with Gasteiger partial charge < -0.3 is 5.11 Å². The van der Waals surface area contributed by atoms with Gasteiger partial charge in [0.15, 0.2) is 23.3 Å². The zero-order valence-corrected chi connectivity index (χ0v) is 10.8. The molecule has 22 heavy (non-hydrogen) atoms. The normalized spacial score (nSPS) is 10.9. The second-order valence-corrected chi connectivity index (χ2v) is 4.37. The van der Waals surface area contributed by atoms with Crippen LogP contribution in [0.2, 0.25) is 0 Å². The molecular formula is C14H6F6O2. The van der Waals surface area contributed by atoms with Crippen LogP contribution < -0.4 is 0 Å². The van der Waals surface area contributed by atoms with E-state index in [0.29, 0.717) is 0 Å². The lowest BCUT2D eigenvalue weighted by molar-refractivity contribution is 0.0692. The van der Waals surface area contributed by atoms with Crippen LogP contribution in [0.4, 0.5) is 26.3 Å². The minimum Gasteiger partial charge on any atom is -0.478 e. The summed E-state index contributed by atoms with van der Waals surface area (Å²) in [6.45, 7) is 1.18. The van der Waals surface area contributed by atoms with Crippen LogP contribution in [0.3, 0.4) is 0 Å². The summed E-state index contributed by atoms with van der Waals surface area (Å²) in [5, 5.41) is 8.96. The molecule has 0 fully saturated rings. The van der Waals surface area contributed by atoms with Crippen LogP contribution in [0.25, 0.3) is 11.1 Å². The van der Waals surface area contributed by atoms with E-state index in [-0.39, 0.29) is 5.56 Å². The van der Waals surface area contributed by atoms with Gasteiger partial charge in [-0.1, -0.05) is 12.1 Å². The highest BCUT2D eigenvalue weighted by molar-refractivity contribution is 5.96. The Kier molecular flexibility index (Phi) is 3.87. The van der Waals surface area contributed by atoms with Gasteiger partial charge in [-0.2, -0.15) is 0 Å². The first-order valence-electron chi connectivity index (χ1n) is 5.72. The molecule has 116 valence electrons. The molecule has 2 aromatic rings. The van der Waals surface area contributed by atoms with E-state index in [1.54, 1.807) is 0 Å². The quantitative estimate of drug-likeness (QED) is 0.512. The van der Waals surface area contributed by atoms with Gasteiger partial charge in [0, 0.05) is 5.56 Å². The maximum Gasteiger partial charge on any atom is 0.339 e. The molecule has 0 amide bonds. The first kappa shape index (κ1) is 15.9. The van der Waals surface area contributed by atoms with Gasteiger partial charge in [-0.15, -0.1) is 0 Å². The highest BCUT2D eigenvalue weighted by atomic mass is 19.2. The molecule has 0 aliphatic carbocycles. The third-order valence-electron chi connectivity index (χ3n) is 3.03. The summed E-state index contributed by atoms with van der Waals surface area (Å²) in [6.07, 6.45) is 0. The molecule has 0 atom stereocenters. The number of hydrogen-bond acceptors (Lipinski definition) is 1. The Bertz CT molecular complexity index is 772. The third-order valence-corrected chi connectivity index (χ3v) is 3.03. The summed E-state index contributed by atoms with van der Waals surface area (Å²) in [4.78, 5) is 11.1. The maximum absolute atomic E-state index is 13.9. The largest absolute Gasteiger partial charge is 0.478 e. The monoisotopic (exact) mass is 320 g/mol. The number of aryl methyl sites for hydroxylation is 1. The summed E-state index contributed by atoms with van der Waals surface area (Å²) in [7, 11) is 0. The van der Waals surface area contributed by atoms with E-state index in [1.807, 2.05) is 0 Å². The summed E-state index contributed by atoms with van der Waals surface area (Å²) in [5.74, 6) is -14.6. The first-order chi connectivity index (χ1) is 10.2. The molecule has 0 bridgehead atoms. The topological polar surface area (TPSA) is 37.3 Å². The van der Waals surface area contributed by atoms with Crippen LogP contribution in [0.1, 0.15) is 15.9 Å². The van der Waals surface area contributed by atoms with Crippen molar-refractivity contribution in [3.63, 3.8) is 0 Å². The summed E-state index contributed by atoms with van der Waals surface area (Å²) >= 11 is 0. The van der Waals surface area contributed by atoms with Crippen molar-refractivity contribution in [2.75, 3.05) is 0 Å². The number of benzene rings is 2. The zero-order chi connectivity index (χ0) is 16.8. The van der Waals surface area contributed by atoms with Gasteiger partial charge >= 0.3 is 5.97 Å². The van der Waals surface area contributed by atoms with Crippen molar-refractivity contribution in [1.82, 2.24) is 0 Å². The van der Waals surface area contributed by atoms with Crippen LogP contribution in [0.15, 0.2) is 12.1 Å². The predicted octanol–water partition coefficient (Wildman–Crippen LogP) is 4.19. The minimum atomic E-state index is -2.39. The summed E-state index contributed by atoms with van der Waals surface area (Å²) in [5.41, 5.74) is -3.77. The molecule has 0 radical (unpaired) electrons. The number of carbonyl (C=O) groups is 1. The van der Waals surface area contributed by atoms with Crippen molar-refractivity contribution in [2.45, 2.75) is 6.92 Å². The number of aromatic carboxylic acids is 1. The van der Waals surface area contributed by atoms with Gasteiger partial charge in [-0.3, -0.25) is 0 Å². The Labute approximate surface area is 119 Å². The molecule has 2 nitrogen and oxygen atoms in total. The van der Waals surface area contributed by atoms with Gasteiger partial charge in [0.2, 0.25) is 5.82 Å². The number of halogens is 6. The van der Waals surface area contributed by atoms with Crippen molar-refractivity contribution in [3.8, 4) is 11.1 Å². The molecule has 0 unspecified atom stereocenters. The molecule has 0 saturated heterocycles. The number of rotatable bonds is 2. The van der Waals surface area contributed by atoms with Crippen molar-refractivity contribution in [2.24, 2.45) is 0 Å². The highest BCUT2D eigenvalue weighted by Crippen LogP contribution is 2.35. The van der Waals surface area contributed by atoms with E-state index in [4.69, 9.17) is 5.11 Å². The summed E-state index contributed by atoms with van der Waals surface area (Å²) < 4.78 is 80.7. The average Bonchev–Trinajstić information content (AvgIpc) is 2.46. The van der Waals surface area contributed by atoms with Crippen molar-refractivity contribution >= 4 is 5.97 Å². The standard InChI is InChI=1S/C14H6F6O2/c1-4-2-3-5(7(8(4)15)14(21)22)6-9(16)11(18)13(20)12(19)10(6)17/h2-3H,1H3,(H,21,22). The van der Waals surface area contributed by atoms with Crippen molar-refractivity contribution in [3.05, 3.63) is 58.2 Å². The first-order valence-corrected chi connectivity index (χ1v) is 5.72. The van der Waals surface area contributed by atoms with Crippen LogP contribution in [-0.4, -0.2) is 11.1 Å². The molecule has 0 aliphatic heterocycles. The Morgan fingerprint density at radius 1 is 0.818 bits per heavy atom. The fourth-order valence-corrected chi connectivity index (χ4v) is 1.94. The van der Waals surface area contributed by atoms with E-state index in [2.05, 4.69) is 0 Å². The zero-order valence-electron chi connectivity index (χ0n) is 10.8. The summed E-state index contributed by atoms with van der Waals surface area (Å²) in [6, 6.07) is 1.75. The molecule has 8 heteroatoms. The van der Waals surface area contributed by atoms with E-state index in [9.17, 15) is 31.1 Å². The lowest BCUT2D eigenvalue weighted by Crippen LogP contribution is -2.10. The average molecular weight is 320 g/mol. The molecule has 2 aromatic carbocycles. The van der Waals surface area contributed by atoms with Crippen LogP contribution in [0.5, 0.6) is 0 Å². The molecule has 0 saturated carbocycles. The van der Waals surface area contributed by atoms with E-state index in [0.717, 1.165) is 12.1 Å². The lowest BCUT2D eigenvalue weighted by Gasteiger charge is -2.12. The van der Waals surface area contributed by atoms with Gasteiger partial charge in [0.1, 0.15) is 11.4 Å². The second kappa shape index (κ2) is 5.36. The molecule has 0 heterocycles. The fourth-order valence-electron chi connectivity index (χ4n) is 1.94. The molecule has 0 aromatic heterocycles. The number of carboxylic acids is 1. The second-order valence-electron chi connectivity index (χ2n) is 4.37. The van der Waals surface area contributed by atoms with E-state index >= 15 is 0 Å². The van der Waals surface area contributed by atoms with E-state index in [1.165, 1.54) is 6.92 Å². The molecule has 0 aliphatic rings. The Hall–Kier alpha value is -2.51. The predicted molar refractivity (Wildman–Crippen MR) is 63.3 cm³/mol.